The number of aromatic nitrogens is 1. The summed E-state index contributed by atoms with van der Waals surface area (Å²) in [4.78, 5) is 0. The third kappa shape index (κ3) is 4.19. The van der Waals surface area contributed by atoms with Gasteiger partial charge in [-0.15, -0.1) is 0 Å². The van der Waals surface area contributed by atoms with Gasteiger partial charge >= 0.3 is 14.2 Å². The van der Waals surface area contributed by atoms with Crippen molar-refractivity contribution in [1.29, 1.82) is 0 Å². The molecule has 0 unspecified atom stereocenters. The SMILES string of the molecule is CC1(C)OB(c2ccc(-c3cccn3-c3ccc(B4OC(C)(C)C(C)(C)O4)cc3)cc2)OC1(C)C. The molecule has 2 aromatic carbocycles. The molecule has 1 aromatic heterocycles. The van der Waals surface area contributed by atoms with Crippen LogP contribution in [0.4, 0.5) is 0 Å². The largest absolute Gasteiger partial charge is 0.494 e. The van der Waals surface area contributed by atoms with Gasteiger partial charge in [0.25, 0.3) is 0 Å². The highest BCUT2D eigenvalue weighted by Crippen LogP contribution is 2.37. The number of hydrogen-bond donors (Lipinski definition) is 0. The van der Waals surface area contributed by atoms with Gasteiger partial charge < -0.3 is 23.2 Å². The summed E-state index contributed by atoms with van der Waals surface area (Å²) < 4.78 is 27.0. The lowest BCUT2D eigenvalue weighted by molar-refractivity contribution is 0.00578. The summed E-state index contributed by atoms with van der Waals surface area (Å²) in [5.41, 5.74) is 3.98. The Hall–Kier alpha value is -2.31. The van der Waals surface area contributed by atoms with Crippen molar-refractivity contribution >= 4 is 25.2 Å². The van der Waals surface area contributed by atoms with E-state index < -0.39 is 0 Å². The van der Waals surface area contributed by atoms with Crippen molar-refractivity contribution in [2.75, 3.05) is 0 Å². The van der Waals surface area contributed by atoms with Gasteiger partial charge in [-0.25, -0.2) is 0 Å². The Labute approximate surface area is 210 Å². The van der Waals surface area contributed by atoms with Crippen molar-refractivity contribution in [3.63, 3.8) is 0 Å². The molecule has 0 amide bonds. The van der Waals surface area contributed by atoms with E-state index in [4.69, 9.17) is 18.6 Å². The van der Waals surface area contributed by atoms with E-state index in [2.05, 4.69) is 127 Å². The minimum atomic E-state index is -0.360. The van der Waals surface area contributed by atoms with Crippen LogP contribution in [-0.2, 0) is 18.6 Å². The highest BCUT2D eigenvalue weighted by molar-refractivity contribution is 6.62. The summed E-state index contributed by atoms with van der Waals surface area (Å²) in [6.07, 6.45) is 2.08. The van der Waals surface area contributed by atoms with Gasteiger partial charge in [0.05, 0.1) is 28.1 Å². The van der Waals surface area contributed by atoms with Crippen LogP contribution in [-0.4, -0.2) is 41.2 Å². The predicted molar refractivity (Wildman–Crippen MR) is 143 cm³/mol. The molecule has 3 heterocycles. The summed E-state index contributed by atoms with van der Waals surface area (Å²) in [6, 6.07) is 21.0. The van der Waals surface area contributed by atoms with Gasteiger partial charge in [0, 0.05) is 11.9 Å². The first-order chi connectivity index (χ1) is 16.3. The van der Waals surface area contributed by atoms with E-state index in [9.17, 15) is 0 Å². The second-order valence-electron chi connectivity index (χ2n) is 11.7. The van der Waals surface area contributed by atoms with Gasteiger partial charge in [-0.1, -0.05) is 36.4 Å². The molecule has 2 aliphatic heterocycles. The molecule has 5 nitrogen and oxygen atoms in total. The zero-order valence-electron chi connectivity index (χ0n) is 22.1. The Morgan fingerprint density at radius 3 is 1.37 bits per heavy atom. The lowest BCUT2D eigenvalue weighted by Gasteiger charge is -2.32. The van der Waals surface area contributed by atoms with Crippen molar-refractivity contribution in [1.82, 2.24) is 4.57 Å². The van der Waals surface area contributed by atoms with Gasteiger partial charge in [0.2, 0.25) is 0 Å². The van der Waals surface area contributed by atoms with Crippen LogP contribution in [0.3, 0.4) is 0 Å². The van der Waals surface area contributed by atoms with Crippen LogP contribution in [0.15, 0.2) is 66.9 Å². The Bertz CT molecular complexity index is 1090. The number of rotatable bonds is 4. The number of benzene rings is 2. The molecule has 0 N–H and O–H groups in total. The van der Waals surface area contributed by atoms with E-state index in [1.807, 2.05) is 0 Å². The second kappa shape index (κ2) is 8.10. The lowest BCUT2D eigenvalue weighted by Crippen LogP contribution is -2.41. The van der Waals surface area contributed by atoms with Crippen molar-refractivity contribution < 1.29 is 18.6 Å². The third-order valence-corrected chi connectivity index (χ3v) is 8.18. The third-order valence-electron chi connectivity index (χ3n) is 8.18. The van der Waals surface area contributed by atoms with E-state index in [0.717, 1.165) is 27.9 Å². The number of hydrogen-bond acceptors (Lipinski definition) is 4. The molecule has 0 atom stereocenters. The maximum atomic E-state index is 6.20. The Morgan fingerprint density at radius 1 is 0.543 bits per heavy atom. The van der Waals surface area contributed by atoms with Crippen LogP contribution in [0.25, 0.3) is 16.9 Å². The Morgan fingerprint density at radius 2 is 0.943 bits per heavy atom. The highest BCUT2D eigenvalue weighted by atomic mass is 16.7. The first-order valence-electron chi connectivity index (χ1n) is 12.4. The maximum Gasteiger partial charge on any atom is 0.494 e. The van der Waals surface area contributed by atoms with Crippen molar-refractivity contribution in [3.8, 4) is 16.9 Å². The topological polar surface area (TPSA) is 41.9 Å². The minimum Gasteiger partial charge on any atom is -0.399 e. The van der Waals surface area contributed by atoms with Crippen LogP contribution in [0, 0.1) is 0 Å². The smallest absolute Gasteiger partial charge is 0.399 e. The van der Waals surface area contributed by atoms with Crippen LogP contribution >= 0.6 is 0 Å². The molecule has 5 rings (SSSR count). The van der Waals surface area contributed by atoms with Crippen LogP contribution in [0.5, 0.6) is 0 Å². The quantitative estimate of drug-likeness (QED) is 0.516. The Balaban J connectivity index is 1.35. The van der Waals surface area contributed by atoms with E-state index in [0.29, 0.717) is 0 Å². The van der Waals surface area contributed by atoms with E-state index in [1.165, 1.54) is 0 Å². The zero-order chi connectivity index (χ0) is 25.2. The van der Waals surface area contributed by atoms with Crippen LogP contribution < -0.4 is 10.9 Å². The molecule has 7 heteroatoms. The van der Waals surface area contributed by atoms with Gasteiger partial charge in [-0.05, 0) is 96.1 Å². The van der Waals surface area contributed by atoms with Crippen molar-refractivity contribution in [2.24, 2.45) is 0 Å². The average molecular weight is 471 g/mol. The molecule has 2 aliphatic rings. The zero-order valence-corrected chi connectivity index (χ0v) is 22.1. The highest BCUT2D eigenvalue weighted by Gasteiger charge is 2.52. The molecule has 2 saturated heterocycles. The van der Waals surface area contributed by atoms with Crippen LogP contribution in [0.2, 0.25) is 0 Å². The fourth-order valence-corrected chi connectivity index (χ4v) is 4.40. The molecule has 0 bridgehead atoms. The fourth-order valence-electron chi connectivity index (χ4n) is 4.40. The molecule has 35 heavy (non-hydrogen) atoms. The minimum absolute atomic E-state index is 0.350. The molecular weight excluding hydrogens is 436 g/mol. The summed E-state index contributed by atoms with van der Waals surface area (Å²) in [6.45, 7) is 16.6. The molecule has 0 saturated carbocycles. The molecule has 0 radical (unpaired) electrons. The van der Waals surface area contributed by atoms with E-state index in [1.54, 1.807) is 0 Å². The van der Waals surface area contributed by atoms with Gasteiger partial charge in [0.15, 0.2) is 0 Å². The average Bonchev–Trinajstić information content (AvgIpc) is 3.41. The van der Waals surface area contributed by atoms with Crippen LogP contribution in [0.1, 0.15) is 55.4 Å². The van der Waals surface area contributed by atoms with Crippen molar-refractivity contribution in [3.05, 3.63) is 66.9 Å². The Kier molecular flexibility index (Phi) is 5.65. The standard InChI is InChI=1S/C28H35B2NO4/c1-25(2)26(3,4)33-29(32-25)21-13-11-20(12-14-21)24-10-9-19-31(24)23-17-15-22(16-18-23)30-34-27(5,6)28(7,8)35-30/h9-19H,1-8H3. The fraction of sp³-hybridized carbons (Fsp3) is 0.429. The van der Waals surface area contributed by atoms with Gasteiger partial charge in [0.1, 0.15) is 0 Å². The lowest BCUT2D eigenvalue weighted by atomic mass is 9.78. The molecule has 2 fully saturated rings. The second-order valence-corrected chi connectivity index (χ2v) is 11.7. The summed E-state index contributed by atoms with van der Waals surface area (Å²) in [7, 11) is -0.718. The molecule has 0 spiro atoms. The summed E-state index contributed by atoms with van der Waals surface area (Å²) in [5, 5.41) is 0. The monoisotopic (exact) mass is 471 g/mol. The molecule has 3 aromatic rings. The molecular formula is C28H35B2NO4. The van der Waals surface area contributed by atoms with Crippen molar-refractivity contribution in [2.45, 2.75) is 77.8 Å². The van der Waals surface area contributed by atoms with Gasteiger partial charge in [-0.2, -0.15) is 0 Å². The number of nitrogens with zero attached hydrogens (tertiary/aromatic N) is 1. The van der Waals surface area contributed by atoms with E-state index in [-0.39, 0.29) is 36.6 Å². The maximum absolute atomic E-state index is 6.20. The molecule has 0 aliphatic carbocycles. The summed E-state index contributed by atoms with van der Waals surface area (Å²) >= 11 is 0. The normalized spacial score (nSPS) is 22.1. The van der Waals surface area contributed by atoms with Gasteiger partial charge in [-0.3, -0.25) is 0 Å². The van der Waals surface area contributed by atoms with E-state index >= 15 is 0 Å². The molecule has 182 valence electrons. The predicted octanol–water partition coefficient (Wildman–Crippen LogP) is 4.74. The first-order valence-corrected chi connectivity index (χ1v) is 12.4. The first kappa shape index (κ1) is 24.4. The summed E-state index contributed by atoms with van der Waals surface area (Å²) in [5.74, 6) is 0.